The standard InChI is InChI=1S/C21H22N4O3S2.C2H6/c1-5-16(26)24-19-17(18-23-13-10-22-8-6-14(13)29-18)12-7-9-25(11-15(12)30-19)20(27)28-21(2,3)4;1-2/h5-6,8,10H,1,7,9,11H2,2-4H3,(H,24,26);1-2H3. The zero-order valence-electron chi connectivity index (χ0n) is 19.0. The van der Waals surface area contributed by atoms with Gasteiger partial charge in [-0.1, -0.05) is 20.4 Å². The molecule has 170 valence electrons. The summed E-state index contributed by atoms with van der Waals surface area (Å²) < 4.78 is 6.56. The van der Waals surface area contributed by atoms with Gasteiger partial charge in [-0.3, -0.25) is 9.78 Å². The number of nitrogens with zero attached hydrogens (tertiary/aromatic N) is 3. The van der Waals surface area contributed by atoms with Crippen molar-refractivity contribution in [2.24, 2.45) is 0 Å². The summed E-state index contributed by atoms with van der Waals surface area (Å²) in [7, 11) is 0. The quantitative estimate of drug-likeness (QED) is 0.482. The monoisotopic (exact) mass is 472 g/mol. The molecule has 0 saturated heterocycles. The largest absolute Gasteiger partial charge is 0.444 e. The number of thiophene rings is 1. The normalized spacial score (nSPS) is 13.1. The number of ether oxygens (including phenoxy) is 1. The second kappa shape index (κ2) is 9.79. The van der Waals surface area contributed by atoms with Crippen molar-refractivity contribution in [3.05, 3.63) is 41.6 Å². The minimum atomic E-state index is -0.546. The molecule has 0 fully saturated rings. The molecule has 2 amide bonds. The molecule has 3 aromatic rings. The van der Waals surface area contributed by atoms with E-state index in [-0.39, 0.29) is 12.0 Å². The van der Waals surface area contributed by atoms with E-state index in [2.05, 4.69) is 16.9 Å². The van der Waals surface area contributed by atoms with Gasteiger partial charge in [0.2, 0.25) is 5.91 Å². The van der Waals surface area contributed by atoms with E-state index in [9.17, 15) is 9.59 Å². The molecule has 1 aliphatic rings. The number of carbonyl (C=O) groups excluding carboxylic acids is 2. The number of rotatable bonds is 3. The fraction of sp³-hybridized carbons (Fsp3) is 0.391. The molecule has 0 bridgehead atoms. The van der Waals surface area contributed by atoms with Crippen LogP contribution in [0.15, 0.2) is 31.1 Å². The first-order valence-electron chi connectivity index (χ1n) is 10.5. The molecule has 1 N–H and O–H groups in total. The van der Waals surface area contributed by atoms with E-state index >= 15 is 0 Å². The molecule has 0 unspecified atom stereocenters. The predicted molar refractivity (Wildman–Crippen MR) is 131 cm³/mol. The van der Waals surface area contributed by atoms with Crippen molar-refractivity contribution >= 4 is 49.9 Å². The van der Waals surface area contributed by atoms with Crippen LogP contribution in [0, 0.1) is 0 Å². The number of amides is 2. The van der Waals surface area contributed by atoms with E-state index < -0.39 is 5.60 Å². The Morgan fingerprint density at radius 3 is 2.69 bits per heavy atom. The summed E-state index contributed by atoms with van der Waals surface area (Å²) in [5.74, 6) is -0.276. The average Bonchev–Trinajstić information content (AvgIpc) is 3.33. The molecule has 1 aliphatic heterocycles. The first-order valence-corrected chi connectivity index (χ1v) is 12.2. The molecule has 0 spiro atoms. The Hall–Kier alpha value is -2.78. The number of thiazole rings is 1. The summed E-state index contributed by atoms with van der Waals surface area (Å²) >= 11 is 3.04. The molecular formula is C23H28N4O3S2. The molecule has 0 aliphatic carbocycles. The van der Waals surface area contributed by atoms with E-state index in [0.717, 1.165) is 36.2 Å². The summed E-state index contributed by atoms with van der Waals surface area (Å²) in [6, 6.07) is 1.93. The number of hydrogen-bond donors (Lipinski definition) is 1. The highest BCUT2D eigenvalue weighted by molar-refractivity contribution is 7.22. The molecule has 0 atom stereocenters. The van der Waals surface area contributed by atoms with Crippen LogP contribution in [-0.2, 0) is 22.5 Å². The summed E-state index contributed by atoms with van der Waals surface area (Å²) in [6.45, 7) is 14.1. The Morgan fingerprint density at radius 1 is 1.28 bits per heavy atom. The number of hydrogen-bond acceptors (Lipinski definition) is 7. The second-order valence-electron chi connectivity index (χ2n) is 7.92. The number of fused-ring (bicyclic) bond motifs is 2. The van der Waals surface area contributed by atoms with Gasteiger partial charge in [-0.15, -0.1) is 22.7 Å². The fourth-order valence-corrected chi connectivity index (χ4v) is 5.59. The predicted octanol–water partition coefficient (Wildman–Crippen LogP) is 5.86. The van der Waals surface area contributed by atoms with Crippen LogP contribution in [0.3, 0.4) is 0 Å². The number of nitrogens with one attached hydrogen (secondary N) is 1. The topological polar surface area (TPSA) is 84.4 Å². The van der Waals surface area contributed by atoms with Crippen molar-refractivity contribution in [1.82, 2.24) is 14.9 Å². The van der Waals surface area contributed by atoms with Crippen LogP contribution in [0.4, 0.5) is 9.80 Å². The molecule has 4 heterocycles. The molecule has 9 heteroatoms. The lowest BCUT2D eigenvalue weighted by atomic mass is 10.0. The van der Waals surface area contributed by atoms with Gasteiger partial charge >= 0.3 is 6.09 Å². The van der Waals surface area contributed by atoms with Gasteiger partial charge in [-0.05, 0) is 44.9 Å². The van der Waals surface area contributed by atoms with Gasteiger partial charge in [0.25, 0.3) is 0 Å². The van der Waals surface area contributed by atoms with Gasteiger partial charge in [0.05, 0.1) is 17.4 Å². The highest BCUT2D eigenvalue weighted by Crippen LogP contribution is 2.45. The molecule has 7 nitrogen and oxygen atoms in total. The van der Waals surface area contributed by atoms with E-state index in [1.165, 1.54) is 17.4 Å². The zero-order chi connectivity index (χ0) is 23.5. The van der Waals surface area contributed by atoms with Crippen LogP contribution < -0.4 is 5.32 Å². The number of aromatic nitrogens is 2. The highest BCUT2D eigenvalue weighted by Gasteiger charge is 2.31. The summed E-state index contributed by atoms with van der Waals surface area (Å²) in [4.78, 5) is 36.2. The molecule has 4 rings (SSSR count). The van der Waals surface area contributed by atoms with E-state index in [1.807, 2.05) is 40.7 Å². The van der Waals surface area contributed by atoms with Gasteiger partial charge in [-0.25, -0.2) is 9.78 Å². The fourth-order valence-electron chi connectivity index (χ4n) is 3.25. The van der Waals surface area contributed by atoms with Gasteiger partial charge in [0, 0.05) is 23.2 Å². The number of anilines is 1. The maximum Gasteiger partial charge on any atom is 0.410 e. The van der Waals surface area contributed by atoms with E-state index in [1.54, 1.807) is 28.6 Å². The van der Waals surface area contributed by atoms with Gasteiger partial charge in [-0.2, -0.15) is 0 Å². The highest BCUT2D eigenvalue weighted by atomic mass is 32.1. The first-order chi connectivity index (χ1) is 15.2. The summed E-state index contributed by atoms with van der Waals surface area (Å²) in [6.07, 6.45) is 5.06. The maximum absolute atomic E-state index is 12.5. The van der Waals surface area contributed by atoms with Gasteiger partial charge in [0.15, 0.2) is 0 Å². The van der Waals surface area contributed by atoms with Crippen LogP contribution in [-0.4, -0.2) is 39.0 Å². The molecule has 0 aromatic carbocycles. The lowest BCUT2D eigenvalue weighted by Crippen LogP contribution is -2.39. The van der Waals surface area contributed by atoms with Crippen molar-refractivity contribution in [3.63, 3.8) is 0 Å². The van der Waals surface area contributed by atoms with Crippen LogP contribution in [0.25, 0.3) is 20.8 Å². The molecule has 32 heavy (non-hydrogen) atoms. The molecule has 0 radical (unpaired) electrons. The van der Waals surface area contributed by atoms with Crippen molar-refractivity contribution in [2.75, 3.05) is 11.9 Å². The minimum Gasteiger partial charge on any atom is -0.444 e. The molecular weight excluding hydrogens is 444 g/mol. The van der Waals surface area contributed by atoms with Crippen molar-refractivity contribution < 1.29 is 14.3 Å². The van der Waals surface area contributed by atoms with Crippen molar-refractivity contribution in [2.45, 2.75) is 53.2 Å². The van der Waals surface area contributed by atoms with Crippen molar-refractivity contribution in [3.8, 4) is 10.6 Å². The van der Waals surface area contributed by atoms with Gasteiger partial charge < -0.3 is 15.0 Å². The lowest BCUT2D eigenvalue weighted by molar-refractivity contribution is -0.111. The maximum atomic E-state index is 12.5. The average molecular weight is 473 g/mol. The Bertz CT molecular complexity index is 1110. The number of pyridine rings is 1. The Morgan fingerprint density at radius 2 is 2.03 bits per heavy atom. The van der Waals surface area contributed by atoms with Crippen LogP contribution in [0.1, 0.15) is 45.1 Å². The SMILES string of the molecule is C=CC(=O)Nc1sc2c(c1-c1nc3cnccc3s1)CCN(C(=O)OC(C)(C)C)C2.CC. The smallest absolute Gasteiger partial charge is 0.410 e. The third-order valence-corrected chi connectivity index (χ3v) is 6.72. The molecule has 3 aromatic heterocycles. The Kier molecular flexibility index (Phi) is 7.30. The van der Waals surface area contributed by atoms with Crippen LogP contribution in [0.5, 0.6) is 0 Å². The second-order valence-corrected chi connectivity index (χ2v) is 10.1. The molecule has 0 saturated carbocycles. The third-order valence-electron chi connectivity index (χ3n) is 4.53. The summed E-state index contributed by atoms with van der Waals surface area (Å²) in [5, 5.41) is 4.48. The van der Waals surface area contributed by atoms with Gasteiger partial charge in [0.1, 0.15) is 21.1 Å². The lowest BCUT2D eigenvalue weighted by Gasteiger charge is -2.30. The van der Waals surface area contributed by atoms with E-state index in [0.29, 0.717) is 19.5 Å². The van der Waals surface area contributed by atoms with Crippen molar-refractivity contribution in [1.29, 1.82) is 0 Å². The van der Waals surface area contributed by atoms with E-state index in [4.69, 9.17) is 9.72 Å². The first kappa shape index (κ1) is 23.9. The third kappa shape index (κ3) is 5.16. The Labute approximate surface area is 196 Å². The number of carbonyl (C=O) groups is 2. The van der Waals surface area contributed by atoms with Crippen LogP contribution >= 0.6 is 22.7 Å². The minimum absolute atomic E-state index is 0.276. The summed E-state index contributed by atoms with van der Waals surface area (Å²) in [5.41, 5.74) is 2.32. The van der Waals surface area contributed by atoms with Crippen LogP contribution in [0.2, 0.25) is 0 Å². The Balaban J connectivity index is 0.00000141. The zero-order valence-corrected chi connectivity index (χ0v) is 20.7.